The summed E-state index contributed by atoms with van der Waals surface area (Å²) in [5, 5.41) is 14.4. The molecule has 12 nitrogen and oxygen atoms in total. The number of fused-ring (bicyclic) bond motifs is 1. The van der Waals surface area contributed by atoms with Crippen molar-refractivity contribution in [2.24, 2.45) is 0 Å². The highest BCUT2D eigenvalue weighted by Crippen LogP contribution is 2.32. The van der Waals surface area contributed by atoms with Gasteiger partial charge in [-0.3, -0.25) is 9.36 Å². The highest BCUT2D eigenvalue weighted by Gasteiger charge is 2.25. The Morgan fingerprint density at radius 3 is 2.50 bits per heavy atom. The number of pyridine rings is 2. The number of ether oxygens (including phenoxy) is 1. The molecule has 4 aromatic heterocycles. The molecule has 0 unspecified atom stereocenters. The van der Waals surface area contributed by atoms with Crippen molar-refractivity contribution in [1.82, 2.24) is 29.1 Å². The fraction of sp³-hybridized carbons (Fsp3) is 0.179. The summed E-state index contributed by atoms with van der Waals surface area (Å²) in [6.07, 6.45) is 8.86. The molecule has 40 heavy (non-hydrogen) atoms. The smallest absolute Gasteiger partial charge is 0.363 e. The van der Waals surface area contributed by atoms with Crippen LogP contribution in [0.15, 0.2) is 77.9 Å². The van der Waals surface area contributed by atoms with Gasteiger partial charge in [-0.05, 0) is 78.1 Å². The number of imidazole rings is 1. The third kappa shape index (κ3) is 4.55. The molecule has 12 heteroatoms. The largest absolute Gasteiger partial charge is 0.497 e. The third-order valence-electron chi connectivity index (χ3n) is 6.67. The van der Waals surface area contributed by atoms with Crippen LogP contribution < -0.4 is 15.6 Å². The number of anilines is 2. The zero-order valence-corrected chi connectivity index (χ0v) is 21.5. The zero-order valence-electron chi connectivity index (χ0n) is 21.5. The monoisotopic (exact) mass is 536 g/mol. The maximum Gasteiger partial charge on any atom is 0.363 e. The van der Waals surface area contributed by atoms with Crippen LogP contribution in [0.2, 0.25) is 0 Å². The lowest BCUT2D eigenvalue weighted by molar-refractivity contribution is -0.389. The lowest BCUT2D eigenvalue weighted by Gasteiger charge is -2.18. The third-order valence-corrected chi connectivity index (χ3v) is 6.67. The van der Waals surface area contributed by atoms with E-state index in [-0.39, 0.29) is 22.8 Å². The van der Waals surface area contributed by atoms with E-state index in [0.717, 1.165) is 31.4 Å². The molecule has 0 fully saturated rings. The van der Waals surface area contributed by atoms with Crippen LogP contribution in [0.1, 0.15) is 25.7 Å². The van der Waals surface area contributed by atoms with E-state index in [0.29, 0.717) is 34.3 Å². The van der Waals surface area contributed by atoms with E-state index in [2.05, 4.69) is 21.4 Å². The van der Waals surface area contributed by atoms with E-state index in [4.69, 9.17) is 14.7 Å². The molecule has 0 amide bonds. The van der Waals surface area contributed by atoms with Crippen molar-refractivity contribution in [2.45, 2.75) is 25.7 Å². The molecule has 0 radical (unpaired) electrons. The lowest BCUT2D eigenvalue weighted by atomic mass is 10.0. The number of aromatic nitrogens is 6. The van der Waals surface area contributed by atoms with Gasteiger partial charge in [-0.2, -0.15) is 4.98 Å². The molecule has 200 valence electrons. The number of benzene rings is 1. The first-order chi connectivity index (χ1) is 19.5. The Balaban J connectivity index is 1.63. The molecule has 0 saturated carbocycles. The topological polar surface area (TPSA) is 143 Å². The predicted octanol–water partition coefficient (Wildman–Crippen LogP) is 5.11. The van der Waals surface area contributed by atoms with Crippen molar-refractivity contribution in [3.63, 3.8) is 0 Å². The van der Waals surface area contributed by atoms with Gasteiger partial charge in [0.15, 0.2) is 23.2 Å². The predicted molar refractivity (Wildman–Crippen MR) is 150 cm³/mol. The van der Waals surface area contributed by atoms with E-state index in [9.17, 15) is 14.9 Å². The normalized spacial score (nSPS) is 13.2. The zero-order chi connectivity index (χ0) is 27.6. The van der Waals surface area contributed by atoms with Crippen LogP contribution in [0.5, 0.6) is 5.75 Å². The number of rotatable bonds is 7. The van der Waals surface area contributed by atoms with Crippen LogP contribution in [0.4, 0.5) is 17.6 Å². The number of hydrogen-bond acceptors (Lipinski definition) is 9. The summed E-state index contributed by atoms with van der Waals surface area (Å²) in [4.78, 5) is 42.8. The van der Waals surface area contributed by atoms with Gasteiger partial charge in [0.05, 0.1) is 18.4 Å². The van der Waals surface area contributed by atoms with Gasteiger partial charge in [0.2, 0.25) is 5.95 Å². The molecular weight excluding hydrogens is 512 g/mol. The standard InChI is InChI=1S/C28H24N8O4/c1-40-21-13-11-20(12-14-21)35-27(37)24-26(33-28(35)31-22-9-5-6-16-29-22)34(19-7-3-2-4-8-19)25(32-24)18-10-15-23(30-17-18)36(38)39/h5-7,9-17H,2-4,8H2,1H3,(H,29,31,33). The van der Waals surface area contributed by atoms with Gasteiger partial charge < -0.3 is 20.2 Å². The van der Waals surface area contributed by atoms with Crippen molar-refractivity contribution >= 4 is 34.4 Å². The van der Waals surface area contributed by atoms with Gasteiger partial charge in [-0.25, -0.2) is 14.5 Å². The van der Waals surface area contributed by atoms with E-state index in [1.165, 1.54) is 16.8 Å². The summed E-state index contributed by atoms with van der Waals surface area (Å²) in [7, 11) is 1.57. The first-order valence-corrected chi connectivity index (χ1v) is 12.7. The van der Waals surface area contributed by atoms with Gasteiger partial charge in [0, 0.05) is 18.0 Å². The fourth-order valence-corrected chi connectivity index (χ4v) is 4.73. The summed E-state index contributed by atoms with van der Waals surface area (Å²) < 4.78 is 8.60. The number of nitro groups is 1. The van der Waals surface area contributed by atoms with Crippen LogP contribution in [-0.4, -0.2) is 41.1 Å². The van der Waals surface area contributed by atoms with Crippen molar-refractivity contribution in [2.75, 3.05) is 12.4 Å². The molecular formula is C28H24N8O4. The van der Waals surface area contributed by atoms with E-state index >= 15 is 0 Å². The van der Waals surface area contributed by atoms with Crippen molar-refractivity contribution in [1.29, 1.82) is 0 Å². The number of nitrogens with one attached hydrogen (secondary N) is 1. The highest BCUT2D eigenvalue weighted by atomic mass is 16.6. The molecule has 0 atom stereocenters. The Labute approximate surface area is 227 Å². The van der Waals surface area contributed by atoms with Crippen LogP contribution >= 0.6 is 0 Å². The molecule has 5 aromatic rings. The Bertz CT molecular complexity index is 1790. The molecule has 0 spiro atoms. The molecule has 6 rings (SSSR count). The first kappa shape index (κ1) is 24.9. The molecule has 1 aliphatic carbocycles. The van der Waals surface area contributed by atoms with Crippen LogP contribution in [-0.2, 0) is 0 Å². The van der Waals surface area contributed by atoms with Gasteiger partial charge in [0.1, 0.15) is 11.6 Å². The van der Waals surface area contributed by atoms with Gasteiger partial charge in [0.25, 0.3) is 5.56 Å². The maximum atomic E-state index is 14.1. The summed E-state index contributed by atoms with van der Waals surface area (Å²) in [5.74, 6) is 1.58. The molecule has 1 aliphatic rings. The summed E-state index contributed by atoms with van der Waals surface area (Å²) >= 11 is 0. The Morgan fingerprint density at radius 1 is 1.00 bits per heavy atom. The minimum atomic E-state index is -0.555. The van der Waals surface area contributed by atoms with E-state index in [1.807, 2.05) is 10.6 Å². The van der Waals surface area contributed by atoms with Crippen molar-refractivity contribution in [3.8, 4) is 22.8 Å². The average molecular weight is 537 g/mol. The minimum Gasteiger partial charge on any atom is -0.497 e. The highest BCUT2D eigenvalue weighted by molar-refractivity contribution is 5.83. The summed E-state index contributed by atoms with van der Waals surface area (Å²) in [6, 6.07) is 15.4. The molecule has 4 heterocycles. The molecule has 1 N–H and O–H groups in total. The summed E-state index contributed by atoms with van der Waals surface area (Å²) in [6.45, 7) is 0. The lowest BCUT2D eigenvalue weighted by Crippen LogP contribution is -2.23. The second-order valence-electron chi connectivity index (χ2n) is 9.16. The minimum absolute atomic E-state index is 0.155. The van der Waals surface area contributed by atoms with Gasteiger partial charge in [-0.15, -0.1) is 0 Å². The van der Waals surface area contributed by atoms with Gasteiger partial charge in [-0.1, -0.05) is 12.1 Å². The van der Waals surface area contributed by atoms with E-state index in [1.54, 1.807) is 55.8 Å². The van der Waals surface area contributed by atoms with Crippen LogP contribution in [0.25, 0.3) is 33.9 Å². The van der Waals surface area contributed by atoms with Crippen molar-refractivity contribution in [3.05, 3.63) is 93.5 Å². The first-order valence-electron chi connectivity index (χ1n) is 12.7. The van der Waals surface area contributed by atoms with Crippen LogP contribution in [0, 0.1) is 10.1 Å². The van der Waals surface area contributed by atoms with Gasteiger partial charge >= 0.3 is 5.82 Å². The quantitative estimate of drug-likeness (QED) is 0.221. The van der Waals surface area contributed by atoms with Crippen LogP contribution in [0.3, 0.4) is 0 Å². The molecule has 0 aliphatic heterocycles. The average Bonchev–Trinajstić information content (AvgIpc) is 3.38. The SMILES string of the molecule is COc1ccc(-n2c(Nc3ccccn3)nc3c(nc(-c4ccc([N+](=O)[O-])nc4)n3C3=CCCCC3)c2=O)cc1. The Hall–Kier alpha value is -5.39. The Kier molecular flexibility index (Phi) is 6.48. The summed E-state index contributed by atoms with van der Waals surface area (Å²) in [5.41, 5.74) is 2.19. The van der Waals surface area contributed by atoms with E-state index < -0.39 is 4.92 Å². The maximum absolute atomic E-state index is 14.1. The van der Waals surface area contributed by atoms with Crippen molar-refractivity contribution < 1.29 is 9.66 Å². The second-order valence-corrected chi connectivity index (χ2v) is 9.16. The Morgan fingerprint density at radius 2 is 1.85 bits per heavy atom. The number of methoxy groups -OCH3 is 1. The second kappa shape index (κ2) is 10.4. The number of nitrogens with zero attached hydrogens (tertiary/aromatic N) is 7. The molecule has 1 aromatic carbocycles. The molecule has 0 bridgehead atoms. The number of allylic oxidation sites excluding steroid dienone is 2. The fourth-order valence-electron chi connectivity index (χ4n) is 4.73. The molecule has 0 saturated heterocycles. The number of hydrogen-bond donors (Lipinski definition) is 1.